The van der Waals surface area contributed by atoms with Crippen molar-refractivity contribution in [1.29, 1.82) is 0 Å². The van der Waals surface area contributed by atoms with E-state index in [0.29, 0.717) is 23.1 Å². The standard InChI is InChI=1S/C22H24N2O3S/c1-3-23(4-2)12-8-13-24-19(17-11-7-14-28-17)18-20(25)15-9-5-6-10-16(15)27-21(18)22(24)26/h5-7,9-11,14,19H,3-4,8,12-13H2,1-2H3/t19-/m0/s1. The van der Waals surface area contributed by atoms with Crippen molar-refractivity contribution in [2.75, 3.05) is 26.2 Å². The van der Waals surface area contributed by atoms with Gasteiger partial charge in [-0.05, 0) is 49.6 Å². The van der Waals surface area contributed by atoms with Crippen LogP contribution in [0.3, 0.4) is 0 Å². The number of benzene rings is 1. The normalized spacial score (nSPS) is 16.3. The van der Waals surface area contributed by atoms with Crippen LogP contribution < -0.4 is 5.43 Å². The van der Waals surface area contributed by atoms with Crippen LogP contribution in [-0.4, -0.2) is 41.9 Å². The molecule has 0 saturated heterocycles. The van der Waals surface area contributed by atoms with E-state index in [1.54, 1.807) is 23.5 Å². The van der Waals surface area contributed by atoms with Crippen molar-refractivity contribution in [3.63, 3.8) is 0 Å². The van der Waals surface area contributed by atoms with Gasteiger partial charge in [0.2, 0.25) is 5.76 Å². The van der Waals surface area contributed by atoms with Crippen LogP contribution >= 0.6 is 11.3 Å². The molecule has 0 bridgehead atoms. The van der Waals surface area contributed by atoms with Crippen LogP contribution in [0.4, 0.5) is 0 Å². The number of carbonyl (C=O) groups excluding carboxylic acids is 1. The summed E-state index contributed by atoms with van der Waals surface area (Å²) in [6, 6.07) is 10.7. The van der Waals surface area contributed by atoms with Crippen molar-refractivity contribution in [2.24, 2.45) is 0 Å². The molecule has 0 aliphatic carbocycles. The third-order valence-corrected chi connectivity index (χ3v) is 6.38. The zero-order valence-corrected chi connectivity index (χ0v) is 17.0. The lowest BCUT2D eigenvalue weighted by Gasteiger charge is -2.25. The van der Waals surface area contributed by atoms with E-state index < -0.39 is 0 Å². The summed E-state index contributed by atoms with van der Waals surface area (Å²) < 4.78 is 5.93. The fourth-order valence-electron chi connectivity index (χ4n) is 3.94. The molecule has 0 N–H and O–H groups in total. The predicted octanol–water partition coefficient (Wildman–Crippen LogP) is 4.13. The Labute approximate surface area is 168 Å². The van der Waals surface area contributed by atoms with Crippen molar-refractivity contribution in [3.05, 3.63) is 68.2 Å². The van der Waals surface area contributed by atoms with Crippen LogP contribution in [0.25, 0.3) is 11.0 Å². The number of fused-ring (bicyclic) bond motifs is 2. The zero-order valence-electron chi connectivity index (χ0n) is 16.2. The number of para-hydroxylation sites is 1. The molecule has 1 aliphatic heterocycles. The highest BCUT2D eigenvalue weighted by Crippen LogP contribution is 2.39. The maximum absolute atomic E-state index is 13.2. The molecule has 1 aromatic carbocycles. The van der Waals surface area contributed by atoms with Gasteiger partial charge in [0.25, 0.3) is 5.91 Å². The highest BCUT2D eigenvalue weighted by Gasteiger charge is 2.42. The number of rotatable bonds is 7. The monoisotopic (exact) mass is 396 g/mol. The minimum absolute atomic E-state index is 0.102. The fraction of sp³-hybridized carbons (Fsp3) is 0.364. The highest BCUT2D eigenvalue weighted by molar-refractivity contribution is 7.10. The number of hydrogen-bond acceptors (Lipinski definition) is 5. The fourth-order valence-corrected chi connectivity index (χ4v) is 4.79. The van der Waals surface area contributed by atoms with Gasteiger partial charge >= 0.3 is 0 Å². The van der Waals surface area contributed by atoms with Crippen LogP contribution in [-0.2, 0) is 0 Å². The van der Waals surface area contributed by atoms with E-state index in [9.17, 15) is 9.59 Å². The van der Waals surface area contributed by atoms with E-state index in [-0.39, 0.29) is 23.1 Å². The molecular formula is C22H24N2O3S. The Morgan fingerprint density at radius 3 is 2.61 bits per heavy atom. The number of nitrogens with zero attached hydrogens (tertiary/aromatic N) is 2. The molecule has 1 amide bonds. The van der Waals surface area contributed by atoms with E-state index in [2.05, 4.69) is 18.7 Å². The second-order valence-corrected chi connectivity index (χ2v) is 7.95. The van der Waals surface area contributed by atoms with E-state index in [1.807, 2.05) is 34.5 Å². The maximum Gasteiger partial charge on any atom is 0.290 e. The Morgan fingerprint density at radius 2 is 1.89 bits per heavy atom. The Kier molecular flexibility index (Phi) is 5.33. The van der Waals surface area contributed by atoms with Gasteiger partial charge in [-0.2, -0.15) is 0 Å². The lowest BCUT2D eigenvalue weighted by Crippen LogP contribution is -2.33. The third kappa shape index (κ3) is 3.16. The first-order valence-corrected chi connectivity index (χ1v) is 10.7. The molecule has 1 aliphatic rings. The quantitative estimate of drug-likeness (QED) is 0.603. The van der Waals surface area contributed by atoms with Crippen LogP contribution in [0.15, 0.2) is 51.0 Å². The molecule has 3 heterocycles. The van der Waals surface area contributed by atoms with Gasteiger partial charge in [0.1, 0.15) is 5.58 Å². The summed E-state index contributed by atoms with van der Waals surface area (Å²) in [4.78, 5) is 31.6. The minimum Gasteiger partial charge on any atom is -0.450 e. The van der Waals surface area contributed by atoms with Crippen molar-refractivity contribution in [1.82, 2.24) is 9.80 Å². The zero-order chi connectivity index (χ0) is 19.7. The summed E-state index contributed by atoms with van der Waals surface area (Å²) in [7, 11) is 0. The van der Waals surface area contributed by atoms with Crippen molar-refractivity contribution >= 4 is 28.2 Å². The average molecular weight is 397 g/mol. The molecule has 0 unspecified atom stereocenters. The Bertz CT molecular complexity index is 1040. The molecule has 6 heteroatoms. The van der Waals surface area contributed by atoms with E-state index >= 15 is 0 Å². The number of thiophene rings is 1. The molecule has 0 fully saturated rings. The van der Waals surface area contributed by atoms with Gasteiger partial charge in [-0.1, -0.05) is 32.0 Å². The Morgan fingerprint density at radius 1 is 1.11 bits per heavy atom. The average Bonchev–Trinajstić information content (AvgIpc) is 3.33. The molecule has 28 heavy (non-hydrogen) atoms. The molecule has 0 spiro atoms. The van der Waals surface area contributed by atoms with Gasteiger partial charge < -0.3 is 14.2 Å². The molecule has 0 saturated carbocycles. The first-order valence-electron chi connectivity index (χ1n) is 9.78. The van der Waals surface area contributed by atoms with Crippen LogP contribution in [0.2, 0.25) is 0 Å². The summed E-state index contributed by atoms with van der Waals surface area (Å²) in [6.07, 6.45) is 0.858. The summed E-state index contributed by atoms with van der Waals surface area (Å²) in [5.41, 5.74) is 0.846. The smallest absolute Gasteiger partial charge is 0.290 e. The van der Waals surface area contributed by atoms with Crippen molar-refractivity contribution < 1.29 is 9.21 Å². The number of hydrogen-bond donors (Lipinski definition) is 0. The molecule has 2 aromatic heterocycles. The Hall–Kier alpha value is -2.44. The van der Waals surface area contributed by atoms with Gasteiger partial charge in [0.15, 0.2) is 5.43 Å². The summed E-state index contributed by atoms with van der Waals surface area (Å²) in [5.74, 6) is 0.0146. The summed E-state index contributed by atoms with van der Waals surface area (Å²) in [5, 5.41) is 2.51. The van der Waals surface area contributed by atoms with E-state index in [0.717, 1.165) is 30.9 Å². The second kappa shape index (κ2) is 7.89. The highest BCUT2D eigenvalue weighted by atomic mass is 32.1. The lowest BCUT2D eigenvalue weighted by atomic mass is 10.0. The topological polar surface area (TPSA) is 53.8 Å². The number of amides is 1. The molecule has 1 atom stereocenters. The summed E-state index contributed by atoms with van der Waals surface area (Å²) in [6.45, 7) is 7.78. The third-order valence-electron chi connectivity index (χ3n) is 5.45. The van der Waals surface area contributed by atoms with Gasteiger partial charge in [0, 0.05) is 11.4 Å². The van der Waals surface area contributed by atoms with Gasteiger partial charge in [-0.3, -0.25) is 9.59 Å². The van der Waals surface area contributed by atoms with Gasteiger partial charge in [0.05, 0.1) is 17.0 Å². The summed E-state index contributed by atoms with van der Waals surface area (Å²) >= 11 is 1.57. The lowest BCUT2D eigenvalue weighted by molar-refractivity contribution is 0.0722. The van der Waals surface area contributed by atoms with E-state index in [4.69, 9.17) is 4.42 Å². The van der Waals surface area contributed by atoms with Crippen LogP contribution in [0.5, 0.6) is 0 Å². The maximum atomic E-state index is 13.2. The molecular weight excluding hydrogens is 372 g/mol. The molecule has 3 aromatic rings. The largest absolute Gasteiger partial charge is 0.450 e. The van der Waals surface area contributed by atoms with Crippen molar-refractivity contribution in [3.8, 4) is 0 Å². The molecule has 0 radical (unpaired) electrons. The second-order valence-electron chi connectivity index (χ2n) is 6.97. The van der Waals surface area contributed by atoms with Gasteiger partial charge in [-0.15, -0.1) is 11.3 Å². The predicted molar refractivity (Wildman–Crippen MR) is 112 cm³/mol. The van der Waals surface area contributed by atoms with Crippen LogP contribution in [0.1, 0.15) is 47.3 Å². The van der Waals surface area contributed by atoms with E-state index in [1.165, 1.54) is 0 Å². The van der Waals surface area contributed by atoms with Crippen LogP contribution in [0, 0.1) is 0 Å². The van der Waals surface area contributed by atoms with Gasteiger partial charge in [-0.25, -0.2) is 0 Å². The molecule has 5 nitrogen and oxygen atoms in total. The first-order chi connectivity index (χ1) is 13.7. The number of carbonyl (C=O) groups is 1. The Balaban J connectivity index is 1.75. The minimum atomic E-state index is -0.361. The molecule has 4 rings (SSSR count). The molecule has 146 valence electrons. The first kappa shape index (κ1) is 18.9. The van der Waals surface area contributed by atoms with Crippen molar-refractivity contribution in [2.45, 2.75) is 26.3 Å². The SMILES string of the molecule is CCN(CC)CCCN1C(=O)c2oc3ccccc3c(=O)c2[C@@H]1c1cccs1.